The molecule has 1 heterocycles. The molecule has 0 aromatic carbocycles. The fourth-order valence-electron chi connectivity index (χ4n) is 1.29. The molecule has 0 aliphatic carbocycles. The number of carbonyl (C=O) groups is 1. The molecule has 1 amide bonds. The van der Waals surface area contributed by atoms with Crippen molar-refractivity contribution in [3.05, 3.63) is 0 Å². The first-order valence-electron chi connectivity index (χ1n) is 4.54. The first-order chi connectivity index (χ1) is 6.24. The number of hydrogen-bond donors (Lipinski definition) is 2. The second kappa shape index (κ2) is 5.47. The maximum Gasteiger partial charge on any atom is 0.281 e. The van der Waals surface area contributed by atoms with Crippen molar-refractivity contribution in [3.8, 4) is 0 Å². The van der Waals surface area contributed by atoms with Gasteiger partial charge in [0.25, 0.3) is 5.24 Å². The Bertz CT molecular complexity index is 170. The fourth-order valence-corrected chi connectivity index (χ4v) is 1.94. The Morgan fingerprint density at radius 1 is 1.54 bits per heavy atom. The SMILES string of the molecule is NCCSC(=O)N1CCC(O)CC1. The molecule has 0 aromatic rings. The predicted octanol–water partition coefficient (Wildman–Crippen LogP) is 0.255. The van der Waals surface area contributed by atoms with Gasteiger partial charge in [0.05, 0.1) is 6.10 Å². The molecule has 3 N–H and O–H groups in total. The maximum atomic E-state index is 11.4. The third-order valence-corrected chi connectivity index (χ3v) is 3.01. The third kappa shape index (κ3) is 3.54. The highest BCUT2D eigenvalue weighted by Gasteiger charge is 2.20. The van der Waals surface area contributed by atoms with Gasteiger partial charge in [-0.15, -0.1) is 0 Å². The molecular formula is C8H16N2O2S. The molecule has 5 heteroatoms. The highest BCUT2D eigenvalue weighted by Crippen LogP contribution is 2.15. The lowest BCUT2D eigenvalue weighted by Gasteiger charge is -2.29. The van der Waals surface area contributed by atoms with E-state index in [0.29, 0.717) is 38.2 Å². The van der Waals surface area contributed by atoms with Crippen LogP contribution in [-0.2, 0) is 0 Å². The van der Waals surface area contributed by atoms with Crippen LogP contribution in [0, 0.1) is 0 Å². The normalized spacial score (nSPS) is 19.1. The molecule has 0 radical (unpaired) electrons. The number of aliphatic hydroxyl groups is 1. The molecule has 0 saturated carbocycles. The summed E-state index contributed by atoms with van der Waals surface area (Å²) in [5.74, 6) is 0.678. The Morgan fingerprint density at radius 3 is 2.69 bits per heavy atom. The van der Waals surface area contributed by atoms with Crippen LogP contribution in [0.4, 0.5) is 4.79 Å². The second-order valence-corrected chi connectivity index (χ2v) is 4.17. The Hall–Kier alpha value is -0.260. The number of carbonyl (C=O) groups excluding carboxylic acids is 1. The van der Waals surface area contributed by atoms with Gasteiger partial charge in [-0.2, -0.15) is 0 Å². The minimum absolute atomic E-state index is 0.0948. The van der Waals surface area contributed by atoms with Gasteiger partial charge in [0.15, 0.2) is 0 Å². The minimum Gasteiger partial charge on any atom is -0.393 e. The molecule has 1 fully saturated rings. The average Bonchev–Trinajstić information content (AvgIpc) is 2.15. The van der Waals surface area contributed by atoms with Crippen LogP contribution in [0.25, 0.3) is 0 Å². The standard InChI is InChI=1S/C8H16N2O2S/c9-3-6-13-8(12)10-4-1-7(11)2-5-10/h7,11H,1-6,9H2. The van der Waals surface area contributed by atoms with Crippen molar-refractivity contribution >= 4 is 17.0 Å². The van der Waals surface area contributed by atoms with Gasteiger partial charge in [-0.05, 0) is 12.8 Å². The number of amides is 1. The number of thioether (sulfide) groups is 1. The average molecular weight is 204 g/mol. The van der Waals surface area contributed by atoms with E-state index in [-0.39, 0.29) is 11.3 Å². The summed E-state index contributed by atoms with van der Waals surface area (Å²) in [5.41, 5.74) is 5.30. The predicted molar refractivity (Wildman–Crippen MR) is 53.7 cm³/mol. The molecule has 0 aromatic heterocycles. The summed E-state index contributed by atoms with van der Waals surface area (Å²) in [6.45, 7) is 1.89. The minimum atomic E-state index is -0.219. The van der Waals surface area contributed by atoms with Crippen LogP contribution >= 0.6 is 11.8 Å². The van der Waals surface area contributed by atoms with E-state index in [1.54, 1.807) is 4.90 Å². The lowest BCUT2D eigenvalue weighted by Crippen LogP contribution is -2.38. The highest BCUT2D eigenvalue weighted by atomic mass is 32.2. The number of likely N-dealkylation sites (tertiary alicyclic amines) is 1. The molecular weight excluding hydrogens is 188 g/mol. The first-order valence-corrected chi connectivity index (χ1v) is 5.52. The molecule has 0 spiro atoms. The van der Waals surface area contributed by atoms with E-state index in [1.807, 2.05) is 0 Å². The van der Waals surface area contributed by atoms with Gasteiger partial charge in [0.2, 0.25) is 0 Å². The monoisotopic (exact) mass is 204 g/mol. The van der Waals surface area contributed by atoms with E-state index < -0.39 is 0 Å². The van der Waals surface area contributed by atoms with Crippen LogP contribution in [0.2, 0.25) is 0 Å². The van der Waals surface area contributed by atoms with Crippen molar-refractivity contribution in [3.63, 3.8) is 0 Å². The van der Waals surface area contributed by atoms with Gasteiger partial charge in [-0.25, -0.2) is 0 Å². The summed E-state index contributed by atoms with van der Waals surface area (Å²) < 4.78 is 0. The van der Waals surface area contributed by atoms with Crippen LogP contribution in [0.3, 0.4) is 0 Å². The Kier molecular flexibility index (Phi) is 4.55. The molecule has 1 saturated heterocycles. The summed E-state index contributed by atoms with van der Waals surface area (Å²) in [6, 6.07) is 0. The summed E-state index contributed by atoms with van der Waals surface area (Å²) in [6.07, 6.45) is 1.19. The van der Waals surface area contributed by atoms with E-state index >= 15 is 0 Å². The summed E-state index contributed by atoms with van der Waals surface area (Å²) in [4.78, 5) is 13.2. The van der Waals surface area contributed by atoms with Crippen molar-refractivity contribution in [1.82, 2.24) is 4.90 Å². The van der Waals surface area contributed by atoms with Crippen molar-refractivity contribution < 1.29 is 9.90 Å². The zero-order valence-electron chi connectivity index (χ0n) is 7.61. The smallest absolute Gasteiger partial charge is 0.281 e. The number of rotatable bonds is 2. The highest BCUT2D eigenvalue weighted by molar-refractivity contribution is 8.13. The second-order valence-electron chi connectivity index (χ2n) is 3.12. The largest absolute Gasteiger partial charge is 0.393 e. The summed E-state index contributed by atoms with van der Waals surface area (Å²) in [7, 11) is 0. The van der Waals surface area contributed by atoms with E-state index in [2.05, 4.69) is 0 Å². The lowest BCUT2D eigenvalue weighted by atomic mass is 10.1. The zero-order valence-corrected chi connectivity index (χ0v) is 8.42. The number of nitrogens with two attached hydrogens (primary N) is 1. The Morgan fingerprint density at radius 2 is 2.15 bits per heavy atom. The van der Waals surface area contributed by atoms with Crippen LogP contribution in [0.15, 0.2) is 0 Å². The van der Waals surface area contributed by atoms with E-state index in [1.165, 1.54) is 11.8 Å². The number of hydrogen-bond acceptors (Lipinski definition) is 4. The van der Waals surface area contributed by atoms with Crippen molar-refractivity contribution in [2.45, 2.75) is 18.9 Å². The van der Waals surface area contributed by atoms with E-state index in [9.17, 15) is 9.90 Å². The van der Waals surface area contributed by atoms with Gasteiger partial charge in [-0.3, -0.25) is 4.79 Å². The first kappa shape index (κ1) is 10.8. The Labute approximate surface area is 82.5 Å². The van der Waals surface area contributed by atoms with Crippen LogP contribution in [0.5, 0.6) is 0 Å². The van der Waals surface area contributed by atoms with Crippen molar-refractivity contribution in [2.24, 2.45) is 5.73 Å². The molecule has 0 bridgehead atoms. The molecule has 0 atom stereocenters. The molecule has 1 rings (SSSR count). The van der Waals surface area contributed by atoms with Crippen molar-refractivity contribution in [2.75, 3.05) is 25.4 Å². The quantitative estimate of drug-likeness (QED) is 0.677. The van der Waals surface area contributed by atoms with E-state index in [4.69, 9.17) is 5.73 Å². The van der Waals surface area contributed by atoms with Crippen LogP contribution in [-0.4, -0.2) is 46.7 Å². The number of nitrogens with zero attached hydrogens (tertiary/aromatic N) is 1. The van der Waals surface area contributed by atoms with Gasteiger partial charge in [-0.1, -0.05) is 11.8 Å². The van der Waals surface area contributed by atoms with Gasteiger partial charge >= 0.3 is 0 Å². The fraction of sp³-hybridized carbons (Fsp3) is 0.875. The summed E-state index contributed by atoms with van der Waals surface area (Å²) >= 11 is 1.26. The van der Waals surface area contributed by atoms with E-state index in [0.717, 1.165) is 0 Å². The topological polar surface area (TPSA) is 66.6 Å². The number of aliphatic hydroxyl groups excluding tert-OH is 1. The Balaban J connectivity index is 2.23. The summed E-state index contributed by atoms with van der Waals surface area (Å²) in [5, 5.41) is 9.31. The van der Waals surface area contributed by atoms with Gasteiger partial charge < -0.3 is 15.7 Å². The molecule has 0 unspecified atom stereocenters. The third-order valence-electron chi connectivity index (χ3n) is 2.07. The molecule has 4 nitrogen and oxygen atoms in total. The van der Waals surface area contributed by atoms with Gasteiger partial charge in [0, 0.05) is 25.4 Å². The zero-order chi connectivity index (χ0) is 9.68. The van der Waals surface area contributed by atoms with Gasteiger partial charge in [0.1, 0.15) is 0 Å². The lowest BCUT2D eigenvalue weighted by molar-refractivity contribution is 0.100. The number of piperidine rings is 1. The van der Waals surface area contributed by atoms with Crippen LogP contribution < -0.4 is 5.73 Å². The molecule has 1 aliphatic heterocycles. The molecule has 1 aliphatic rings. The molecule has 76 valence electrons. The van der Waals surface area contributed by atoms with Crippen LogP contribution in [0.1, 0.15) is 12.8 Å². The van der Waals surface area contributed by atoms with Crippen molar-refractivity contribution in [1.29, 1.82) is 0 Å². The molecule has 13 heavy (non-hydrogen) atoms. The maximum absolute atomic E-state index is 11.4.